The predicted molar refractivity (Wildman–Crippen MR) is 58.0 cm³/mol. The summed E-state index contributed by atoms with van der Waals surface area (Å²) in [6.45, 7) is 1.80. The van der Waals surface area contributed by atoms with E-state index in [1.165, 1.54) is 26.6 Å². The molecule has 1 aromatic heterocycles. The van der Waals surface area contributed by atoms with Crippen molar-refractivity contribution in [2.24, 2.45) is 0 Å². The zero-order chi connectivity index (χ0) is 12.1. The topological polar surface area (TPSA) is 68.7 Å². The van der Waals surface area contributed by atoms with E-state index in [-0.39, 0.29) is 0 Å². The molecule has 0 aliphatic carbocycles. The first-order chi connectivity index (χ1) is 7.65. The van der Waals surface area contributed by atoms with Crippen LogP contribution in [0.1, 0.15) is 24.8 Å². The van der Waals surface area contributed by atoms with Crippen molar-refractivity contribution in [1.29, 1.82) is 0 Å². The minimum absolute atomic E-state index is 0.439. The van der Waals surface area contributed by atoms with Crippen molar-refractivity contribution in [3.8, 4) is 11.5 Å². The highest BCUT2D eigenvalue weighted by Crippen LogP contribution is 2.35. The van der Waals surface area contributed by atoms with E-state index < -0.39 is 11.9 Å². The normalized spacial score (nSPS) is 11.9. The second-order valence-corrected chi connectivity index (χ2v) is 3.26. The van der Waals surface area contributed by atoms with Gasteiger partial charge in [0.25, 0.3) is 0 Å². The van der Waals surface area contributed by atoms with Crippen molar-refractivity contribution in [1.82, 2.24) is 4.98 Å². The minimum atomic E-state index is -0.898. The van der Waals surface area contributed by atoms with Gasteiger partial charge in [0.2, 0.25) is 0 Å². The van der Waals surface area contributed by atoms with Gasteiger partial charge in [-0.15, -0.1) is 0 Å². The van der Waals surface area contributed by atoms with Crippen LogP contribution in [-0.2, 0) is 4.79 Å². The van der Waals surface area contributed by atoms with Crippen LogP contribution in [0.25, 0.3) is 0 Å². The number of aliphatic carboxylic acids is 1. The maximum Gasteiger partial charge on any atom is 0.311 e. The lowest BCUT2D eigenvalue weighted by atomic mass is 9.96. The van der Waals surface area contributed by atoms with E-state index in [1.807, 2.05) is 0 Å². The molecule has 1 rings (SSSR count). The first kappa shape index (κ1) is 12.3. The molecule has 1 aromatic rings. The number of rotatable bonds is 5. The van der Waals surface area contributed by atoms with Gasteiger partial charge in [-0.2, -0.15) is 0 Å². The van der Waals surface area contributed by atoms with Crippen molar-refractivity contribution in [2.45, 2.75) is 19.3 Å². The second-order valence-electron chi connectivity index (χ2n) is 3.26. The molecule has 0 aliphatic heterocycles. The fourth-order valence-electron chi connectivity index (χ4n) is 1.60. The van der Waals surface area contributed by atoms with Crippen molar-refractivity contribution < 1.29 is 19.4 Å². The van der Waals surface area contributed by atoms with Crippen molar-refractivity contribution in [3.63, 3.8) is 0 Å². The Balaban J connectivity index is 3.31. The summed E-state index contributed by atoms with van der Waals surface area (Å²) in [7, 11) is 2.96. The maximum absolute atomic E-state index is 11.1. The van der Waals surface area contributed by atoms with E-state index >= 15 is 0 Å². The molecule has 16 heavy (non-hydrogen) atoms. The fraction of sp³-hybridized carbons (Fsp3) is 0.455. The Kier molecular flexibility index (Phi) is 4.10. The summed E-state index contributed by atoms with van der Waals surface area (Å²) in [5, 5.41) is 9.14. The number of carboxylic acids is 1. The molecular formula is C11H15NO4. The molecule has 1 atom stereocenters. The Morgan fingerprint density at radius 3 is 2.19 bits per heavy atom. The molecule has 0 spiro atoms. The van der Waals surface area contributed by atoms with E-state index in [2.05, 4.69) is 4.98 Å². The van der Waals surface area contributed by atoms with Gasteiger partial charge >= 0.3 is 5.97 Å². The highest BCUT2D eigenvalue weighted by atomic mass is 16.5. The van der Waals surface area contributed by atoms with Crippen LogP contribution < -0.4 is 9.47 Å². The summed E-state index contributed by atoms with van der Waals surface area (Å²) in [5.74, 6) is -0.666. The number of hydrogen-bond acceptors (Lipinski definition) is 4. The van der Waals surface area contributed by atoms with Gasteiger partial charge in [0, 0.05) is 0 Å². The number of carboxylic acid groups (broad SMARTS) is 1. The largest absolute Gasteiger partial charge is 0.495 e. The van der Waals surface area contributed by atoms with Gasteiger partial charge in [-0.3, -0.25) is 9.78 Å². The molecule has 1 heterocycles. The van der Waals surface area contributed by atoms with Crippen LogP contribution in [0.4, 0.5) is 0 Å². The number of ether oxygens (including phenoxy) is 2. The smallest absolute Gasteiger partial charge is 0.311 e. The number of methoxy groups -OCH3 is 2. The van der Waals surface area contributed by atoms with Crippen molar-refractivity contribution in [2.75, 3.05) is 14.2 Å². The molecule has 0 radical (unpaired) electrons. The van der Waals surface area contributed by atoms with Crippen molar-refractivity contribution >= 4 is 5.97 Å². The monoisotopic (exact) mass is 225 g/mol. The maximum atomic E-state index is 11.1. The van der Waals surface area contributed by atoms with Crippen molar-refractivity contribution in [3.05, 3.63) is 18.0 Å². The summed E-state index contributed by atoms with van der Waals surface area (Å²) < 4.78 is 10.2. The quantitative estimate of drug-likeness (QED) is 0.825. The van der Waals surface area contributed by atoms with Crippen LogP contribution >= 0.6 is 0 Å². The molecule has 5 nitrogen and oxygen atoms in total. The van der Waals surface area contributed by atoms with E-state index in [1.54, 1.807) is 6.92 Å². The molecule has 88 valence electrons. The zero-order valence-corrected chi connectivity index (χ0v) is 9.56. The molecule has 1 N–H and O–H groups in total. The van der Waals surface area contributed by atoms with Gasteiger partial charge in [-0.05, 0) is 6.42 Å². The Morgan fingerprint density at radius 1 is 1.38 bits per heavy atom. The first-order valence-electron chi connectivity index (χ1n) is 4.94. The third-order valence-electron chi connectivity index (χ3n) is 2.41. The molecule has 0 saturated heterocycles. The third kappa shape index (κ3) is 2.24. The predicted octanol–water partition coefficient (Wildman–Crippen LogP) is 1.68. The molecule has 0 fully saturated rings. The number of aromatic nitrogens is 1. The molecule has 0 aromatic carbocycles. The van der Waals surface area contributed by atoms with Gasteiger partial charge in [-0.25, -0.2) is 0 Å². The SMILES string of the molecule is CCC(C(=O)O)c1c(OC)cncc1OC. The number of carbonyl (C=O) groups is 1. The second kappa shape index (κ2) is 5.34. The lowest BCUT2D eigenvalue weighted by Gasteiger charge is -2.17. The van der Waals surface area contributed by atoms with Crippen LogP contribution in [-0.4, -0.2) is 30.3 Å². The summed E-state index contributed by atoms with van der Waals surface area (Å²) >= 11 is 0. The highest BCUT2D eigenvalue weighted by molar-refractivity contribution is 5.78. The van der Waals surface area contributed by atoms with Crippen LogP contribution in [0, 0.1) is 0 Å². The summed E-state index contributed by atoms with van der Waals surface area (Å²) in [4.78, 5) is 15.1. The standard InChI is InChI=1S/C11H15NO4/c1-4-7(11(13)14)10-8(15-2)5-12-6-9(10)16-3/h5-7H,4H2,1-3H3,(H,13,14). The van der Waals surface area contributed by atoms with E-state index in [9.17, 15) is 4.79 Å². The van der Waals surface area contributed by atoms with Gasteiger partial charge in [0.05, 0.1) is 38.1 Å². The van der Waals surface area contributed by atoms with Crippen LogP contribution in [0.5, 0.6) is 11.5 Å². The number of hydrogen-bond donors (Lipinski definition) is 1. The van der Waals surface area contributed by atoms with Gasteiger partial charge in [-0.1, -0.05) is 6.92 Å². The Labute approximate surface area is 94.0 Å². The molecule has 1 unspecified atom stereocenters. The van der Waals surface area contributed by atoms with E-state index in [4.69, 9.17) is 14.6 Å². The van der Waals surface area contributed by atoms with Crippen LogP contribution in [0.2, 0.25) is 0 Å². The Hall–Kier alpha value is -1.78. The lowest BCUT2D eigenvalue weighted by molar-refractivity contribution is -0.138. The molecular weight excluding hydrogens is 210 g/mol. The number of nitrogens with zero attached hydrogens (tertiary/aromatic N) is 1. The fourth-order valence-corrected chi connectivity index (χ4v) is 1.60. The minimum Gasteiger partial charge on any atom is -0.495 e. The summed E-state index contributed by atoms with van der Waals surface area (Å²) in [6, 6.07) is 0. The average molecular weight is 225 g/mol. The highest BCUT2D eigenvalue weighted by Gasteiger charge is 2.25. The van der Waals surface area contributed by atoms with Crippen LogP contribution in [0.3, 0.4) is 0 Å². The molecule has 5 heteroatoms. The Morgan fingerprint density at radius 2 is 1.88 bits per heavy atom. The zero-order valence-electron chi connectivity index (χ0n) is 9.56. The average Bonchev–Trinajstić information content (AvgIpc) is 2.29. The lowest BCUT2D eigenvalue weighted by Crippen LogP contribution is -2.13. The summed E-state index contributed by atoms with van der Waals surface area (Å²) in [5.41, 5.74) is 0.537. The molecule has 0 aliphatic rings. The molecule has 0 saturated carbocycles. The molecule has 0 bridgehead atoms. The van der Waals surface area contributed by atoms with Gasteiger partial charge < -0.3 is 14.6 Å². The van der Waals surface area contributed by atoms with Gasteiger partial charge in [0.1, 0.15) is 11.5 Å². The molecule has 0 amide bonds. The van der Waals surface area contributed by atoms with Crippen LogP contribution in [0.15, 0.2) is 12.4 Å². The Bertz CT molecular complexity index is 356. The van der Waals surface area contributed by atoms with E-state index in [0.717, 1.165) is 0 Å². The first-order valence-corrected chi connectivity index (χ1v) is 4.94. The van der Waals surface area contributed by atoms with E-state index in [0.29, 0.717) is 23.5 Å². The number of pyridine rings is 1. The summed E-state index contributed by atoms with van der Waals surface area (Å²) in [6.07, 6.45) is 3.44. The third-order valence-corrected chi connectivity index (χ3v) is 2.41. The van der Waals surface area contributed by atoms with Gasteiger partial charge in [0.15, 0.2) is 0 Å².